The molecule has 1 fully saturated rings. The summed E-state index contributed by atoms with van der Waals surface area (Å²) in [6.07, 6.45) is 0. The van der Waals surface area contributed by atoms with Crippen molar-refractivity contribution in [2.24, 2.45) is 0 Å². The number of para-hydroxylation sites is 2. The lowest BCUT2D eigenvalue weighted by Gasteiger charge is -2.40. The number of methoxy groups -OCH3 is 2. The Morgan fingerprint density at radius 2 is 1.83 bits per heavy atom. The fourth-order valence-electron chi connectivity index (χ4n) is 4.04. The van der Waals surface area contributed by atoms with Crippen molar-refractivity contribution in [3.63, 3.8) is 0 Å². The quantitative estimate of drug-likeness (QED) is 0.605. The zero-order chi connectivity index (χ0) is 21.1. The van der Waals surface area contributed by atoms with Gasteiger partial charge in [-0.25, -0.2) is 4.98 Å². The van der Waals surface area contributed by atoms with Gasteiger partial charge in [-0.3, -0.25) is 4.90 Å². The van der Waals surface area contributed by atoms with E-state index in [0.717, 1.165) is 43.2 Å². The Balaban J connectivity index is 1.50. The predicted molar refractivity (Wildman–Crippen MR) is 118 cm³/mol. The van der Waals surface area contributed by atoms with Crippen LogP contribution in [0.15, 0.2) is 52.9 Å². The number of aryl methyl sites for hydroxylation is 1. The number of aromatic nitrogens is 1. The van der Waals surface area contributed by atoms with Gasteiger partial charge in [0.05, 0.1) is 25.5 Å². The summed E-state index contributed by atoms with van der Waals surface area (Å²) in [5, 5.41) is 0. The molecule has 0 spiro atoms. The van der Waals surface area contributed by atoms with Crippen LogP contribution in [0.1, 0.15) is 18.4 Å². The van der Waals surface area contributed by atoms with Crippen molar-refractivity contribution < 1.29 is 13.9 Å². The van der Waals surface area contributed by atoms with Gasteiger partial charge < -0.3 is 18.8 Å². The van der Waals surface area contributed by atoms with E-state index in [-0.39, 0.29) is 0 Å². The molecule has 2 heterocycles. The van der Waals surface area contributed by atoms with Gasteiger partial charge >= 0.3 is 0 Å². The fraction of sp³-hybridized carbons (Fsp3) is 0.375. The van der Waals surface area contributed by atoms with Crippen molar-refractivity contribution >= 4 is 5.69 Å². The number of hydrogen-bond donors (Lipinski definition) is 0. The molecule has 4 rings (SSSR count). The number of rotatable bonds is 6. The average molecular weight is 408 g/mol. The molecule has 30 heavy (non-hydrogen) atoms. The summed E-state index contributed by atoms with van der Waals surface area (Å²) in [7, 11) is 3.26. The molecule has 1 aliphatic heterocycles. The Hall–Kier alpha value is -2.99. The van der Waals surface area contributed by atoms with Gasteiger partial charge in [-0.05, 0) is 38.1 Å². The highest BCUT2D eigenvalue weighted by molar-refractivity contribution is 5.68. The maximum absolute atomic E-state index is 6.03. The standard InChI is InChI=1S/C24H29N3O3/c1-17-15-27(19-9-6-5-7-10-19)14-13-26(17)16-21-18(2)30-24(25-21)20-11-8-12-22(28-3)23(20)29-4/h5-12,17H,13-16H2,1-4H3/t17-/m0/s1. The van der Waals surface area contributed by atoms with Crippen molar-refractivity contribution in [3.05, 3.63) is 60.0 Å². The van der Waals surface area contributed by atoms with Crippen LogP contribution in [0.2, 0.25) is 0 Å². The Labute approximate surface area is 178 Å². The second-order valence-electron chi connectivity index (χ2n) is 7.66. The van der Waals surface area contributed by atoms with E-state index in [0.29, 0.717) is 23.4 Å². The van der Waals surface area contributed by atoms with Crippen LogP contribution in [0, 0.1) is 6.92 Å². The van der Waals surface area contributed by atoms with Crippen molar-refractivity contribution in [1.82, 2.24) is 9.88 Å². The van der Waals surface area contributed by atoms with Gasteiger partial charge in [0.2, 0.25) is 5.89 Å². The van der Waals surface area contributed by atoms with E-state index in [1.54, 1.807) is 14.2 Å². The first-order chi connectivity index (χ1) is 14.6. The van der Waals surface area contributed by atoms with Crippen LogP contribution >= 0.6 is 0 Å². The molecule has 6 heteroatoms. The van der Waals surface area contributed by atoms with Crippen molar-refractivity contribution in [2.75, 3.05) is 38.8 Å². The number of nitrogens with zero attached hydrogens (tertiary/aromatic N) is 3. The van der Waals surface area contributed by atoms with E-state index in [1.807, 2.05) is 25.1 Å². The minimum absolute atomic E-state index is 0.421. The molecule has 2 aromatic carbocycles. The Bertz CT molecular complexity index is 987. The number of piperazine rings is 1. The van der Waals surface area contributed by atoms with Gasteiger partial charge in [0.15, 0.2) is 11.5 Å². The first-order valence-corrected chi connectivity index (χ1v) is 10.3. The maximum atomic E-state index is 6.03. The molecule has 158 valence electrons. The highest BCUT2D eigenvalue weighted by Crippen LogP contribution is 2.38. The van der Waals surface area contributed by atoms with E-state index >= 15 is 0 Å². The second-order valence-corrected chi connectivity index (χ2v) is 7.66. The van der Waals surface area contributed by atoms with Gasteiger partial charge in [0.1, 0.15) is 5.76 Å². The molecule has 1 atom stereocenters. The predicted octanol–water partition coefficient (Wildman–Crippen LogP) is 4.38. The van der Waals surface area contributed by atoms with Crippen LogP contribution in [-0.2, 0) is 6.54 Å². The first-order valence-electron chi connectivity index (χ1n) is 10.3. The summed E-state index contributed by atoms with van der Waals surface area (Å²) in [6.45, 7) is 8.00. The number of benzene rings is 2. The fourth-order valence-corrected chi connectivity index (χ4v) is 4.04. The lowest BCUT2D eigenvalue weighted by atomic mass is 10.1. The van der Waals surface area contributed by atoms with Crippen LogP contribution in [0.25, 0.3) is 11.5 Å². The molecule has 0 unspecified atom stereocenters. The number of anilines is 1. The number of hydrogen-bond acceptors (Lipinski definition) is 6. The smallest absolute Gasteiger partial charge is 0.230 e. The third-order valence-electron chi connectivity index (χ3n) is 5.77. The highest BCUT2D eigenvalue weighted by atomic mass is 16.5. The largest absolute Gasteiger partial charge is 0.493 e. The zero-order valence-corrected chi connectivity index (χ0v) is 18.1. The van der Waals surface area contributed by atoms with Gasteiger partial charge in [0, 0.05) is 37.9 Å². The van der Waals surface area contributed by atoms with Crippen molar-refractivity contribution in [2.45, 2.75) is 26.4 Å². The summed E-state index contributed by atoms with van der Waals surface area (Å²) in [4.78, 5) is 9.73. The number of oxazole rings is 1. The first kappa shape index (κ1) is 20.3. The molecule has 0 radical (unpaired) electrons. The van der Waals surface area contributed by atoms with Gasteiger partial charge in [0.25, 0.3) is 0 Å². The van der Waals surface area contributed by atoms with Crippen molar-refractivity contribution in [1.29, 1.82) is 0 Å². The van der Waals surface area contributed by atoms with Crippen LogP contribution in [0.4, 0.5) is 5.69 Å². The maximum Gasteiger partial charge on any atom is 0.230 e. The van der Waals surface area contributed by atoms with Gasteiger partial charge in [-0.2, -0.15) is 0 Å². The third-order valence-corrected chi connectivity index (χ3v) is 5.77. The highest BCUT2D eigenvalue weighted by Gasteiger charge is 2.26. The lowest BCUT2D eigenvalue weighted by Crippen LogP contribution is -2.51. The van der Waals surface area contributed by atoms with Gasteiger partial charge in [-0.1, -0.05) is 24.3 Å². The Kier molecular flexibility index (Phi) is 5.95. The van der Waals surface area contributed by atoms with E-state index in [4.69, 9.17) is 18.9 Å². The normalized spacial score (nSPS) is 17.2. The van der Waals surface area contributed by atoms with Crippen LogP contribution < -0.4 is 14.4 Å². The van der Waals surface area contributed by atoms with Crippen LogP contribution in [0.5, 0.6) is 11.5 Å². The van der Waals surface area contributed by atoms with Gasteiger partial charge in [-0.15, -0.1) is 0 Å². The molecular weight excluding hydrogens is 378 g/mol. The molecule has 6 nitrogen and oxygen atoms in total. The monoisotopic (exact) mass is 407 g/mol. The molecule has 0 bridgehead atoms. The summed E-state index contributed by atoms with van der Waals surface area (Å²) in [5.41, 5.74) is 3.05. The SMILES string of the molecule is COc1cccc(-c2nc(CN3CCN(c4ccccc4)C[C@@H]3C)c(C)o2)c1OC. The lowest BCUT2D eigenvalue weighted by molar-refractivity contribution is 0.178. The van der Waals surface area contributed by atoms with E-state index in [1.165, 1.54) is 5.69 Å². The molecule has 0 N–H and O–H groups in total. The molecular formula is C24H29N3O3. The molecule has 0 saturated carbocycles. The molecule has 1 aliphatic rings. The molecule has 0 amide bonds. The minimum atomic E-state index is 0.421. The topological polar surface area (TPSA) is 51.0 Å². The van der Waals surface area contributed by atoms with E-state index in [9.17, 15) is 0 Å². The minimum Gasteiger partial charge on any atom is -0.493 e. The summed E-state index contributed by atoms with van der Waals surface area (Å²) >= 11 is 0. The van der Waals surface area contributed by atoms with Crippen molar-refractivity contribution in [3.8, 4) is 23.0 Å². The molecule has 1 saturated heterocycles. The molecule has 1 aromatic heterocycles. The van der Waals surface area contributed by atoms with E-state index in [2.05, 4.69) is 47.1 Å². The summed E-state index contributed by atoms with van der Waals surface area (Å²) in [5.74, 6) is 2.71. The van der Waals surface area contributed by atoms with Crippen LogP contribution in [0.3, 0.4) is 0 Å². The Morgan fingerprint density at radius 3 is 2.53 bits per heavy atom. The second kappa shape index (κ2) is 8.79. The van der Waals surface area contributed by atoms with E-state index < -0.39 is 0 Å². The molecule has 3 aromatic rings. The Morgan fingerprint density at radius 1 is 1.03 bits per heavy atom. The molecule has 0 aliphatic carbocycles. The average Bonchev–Trinajstić information content (AvgIpc) is 3.15. The summed E-state index contributed by atoms with van der Waals surface area (Å²) < 4.78 is 17.0. The summed E-state index contributed by atoms with van der Waals surface area (Å²) in [6, 6.07) is 16.8. The van der Waals surface area contributed by atoms with Crippen LogP contribution in [-0.4, -0.2) is 49.8 Å². The zero-order valence-electron chi connectivity index (χ0n) is 18.1. The number of ether oxygens (including phenoxy) is 2. The third kappa shape index (κ3) is 4.00.